The molecule has 6 aliphatic heterocycles. The Kier molecular flexibility index (Phi) is 20.3. The number of allylic oxidation sites excluding steroid dienone is 3. The first-order chi connectivity index (χ1) is 41.7. The molecule has 1 spiro atoms. The van der Waals surface area contributed by atoms with Crippen molar-refractivity contribution < 1.29 is 140 Å². The largest absolute Gasteiger partial charge is 0.458 e. The molecule has 30 heteroatoms. The van der Waals surface area contributed by atoms with Gasteiger partial charge >= 0.3 is 16.4 Å². The second-order valence-electron chi connectivity index (χ2n) is 27.6. The number of carbonyl (C=O) groups excluding carboxylic acids is 2. The van der Waals surface area contributed by atoms with Crippen molar-refractivity contribution in [2.45, 2.75) is 259 Å². The lowest BCUT2D eigenvalue weighted by Gasteiger charge is -2.63. The number of esters is 1. The Hall–Kier alpha value is -2.39. The Morgan fingerprint density at radius 1 is 0.685 bits per heavy atom. The molecule has 6 saturated heterocycles. The second kappa shape index (κ2) is 26.0. The highest BCUT2D eigenvalue weighted by Gasteiger charge is 2.79. The molecule has 12 N–H and O–H groups in total. The van der Waals surface area contributed by atoms with E-state index in [0.29, 0.717) is 38.5 Å². The molecule has 0 unspecified atom stereocenters. The minimum Gasteiger partial charge on any atom is -0.458 e. The van der Waals surface area contributed by atoms with Gasteiger partial charge < -0.3 is 113 Å². The molecule has 0 aromatic heterocycles. The van der Waals surface area contributed by atoms with Gasteiger partial charge in [-0.1, -0.05) is 44.9 Å². The van der Waals surface area contributed by atoms with E-state index in [2.05, 4.69) is 26.5 Å². The lowest BCUT2D eigenvalue weighted by Crippen LogP contribution is -2.68. The lowest BCUT2D eigenvalue weighted by molar-refractivity contribution is -0.403. The summed E-state index contributed by atoms with van der Waals surface area (Å²) < 4.78 is 112. The van der Waals surface area contributed by atoms with Gasteiger partial charge in [0.15, 0.2) is 31.5 Å². The maximum atomic E-state index is 14.5. The van der Waals surface area contributed by atoms with Crippen LogP contribution in [0.1, 0.15) is 106 Å². The van der Waals surface area contributed by atoms with Crippen LogP contribution in [0.25, 0.3) is 0 Å². The summed E-state index contributed by atoms with van der Waals surface area (Å²) in [6.07, 6.45) is -34.4. The summed E-state index contributed by atoms with van der Waals surface area (Å²) in [5.41, 5.74) is -1.74. The molecular weight excluding hydrogens is 1200 g/mol. The molecule has 0 aromatic rings. The van der Waals surface area contributed by atoms with Gasteiger partial charge in [0.1, 0.15) is 115 Å². The number of methoxy groups -OCH3 is 1. The van der Waals surface area contributed by atoms with Crippen molar-refractivity contribution in [3.8, 4) is 0 Å². The summed E-state index contributed by atoms with van der Waals surface area (Å²) in [5.74, 6) is -0.982. The number of hydrogen-bond acceptors (Lipinski definition) is 28. The second-order valence-corrected chi connectivity index (χ2v) is 28.7. The average Bonchev–Trinajstić information content (AvgIpc) is 1.53. The summed E-state index contributed by atoms with van der Waals surface area (Å²) >= 11 is 0. The molecular formula is C59H92O29S. The van der Waals surface area contributed by atoms with E-state index in [1.54, 1.807) is 0 Å². The van der Waals surface area contributed by atoms with Crippen LogP contribution < -0.4 is 0 Å². The molecule has 29 nitrogen and oxygen atoms in total. The van der Waals surface area contributed by atoms with Gasteiger partial charge in [0.2, 0.25) is 0 Å². The van der Waals surface area contributed by atoms with Crippen LogP contribution in [-0.2, 0) is 81.0 Å². The van der Waals surface area contributed by atoms with E-state index >= 15 is 0 Å². The molecule has 89 heavy (non-hydrogen) atoms. The third-order valence-electron chi connectivity index (χ3n) is 21.8. The van der Waals surface area contributed by atoms with E-state index in [1.807, 2.05) is 27.7 Å². The zero-order chi connectivity index (χ0) is 65.0. The Labute approximate surface area is 516 Å². The van der Waals surface area contributed by atoms with Gasteiger partial charge in [0, 0.05) is 18.9 Å². The van der Waals surface area contributed by atoms with Crippen LogP contribution in [0.4, 0.5) is 0 Å². The number of hydrogen-bond donors (Lipinski definition) is 12. The number of fused-ring (bicyclic) bond motifs is 4. The van der Waals surface area contributed by atoms with E-state index in [4.69, 9.17) is 61.0 Å². The normalized spacial score (nSPS) is 50.7. The van der Waals surface area contributed by atoms with Crippen LogP contribution >= 0.6 is 0 Å². The molecule has 3 saturated carbocycles. The number of cyclic esters (lactones) is 1. The summed E-state index contributed by atoms with van der Waals surface area (Å²) in [7, 11) is -4.11. The van der Waals surface area contributed by atoms with Crippen molar-refractivity contribution in [1.82, 2.24) is 0 Å². The highest BCUT2D eigenvalue weighted by molar-refractivity contribution is 7.80. The van der Waals surface area contributed by atoms with Crippen LogP contribution in [0, 0.1) is 39.4 Å². The van der Waals surface area contributed by atoms with Crippen LogP contribution in [0.2, 0.25) is 0 Å². The number of carbonyl (C=O) groups is 2. The van der Waals surface area contributed by atoms with Gasteiger partial charge in [-0.15, -0.1) is 6.58 Å². The molecule has 0 aromatic carbocycles. The van der Waals surface area contributed by atoms with Crippen molar-refractivity contribution in [2.24, 2.45) is 39.4 Å². The molecule has 6 heterocycles. The third-order valence-corrected chi connectivity index (χ3v) is 22.3. The molecule has 10 aliphatic rings. The van der Waals surface area contributed by atoms with Crippen LogP contribution in [0.3, 0.4) is 0 Å². The number of aliphatic hydroxyl groups is 11. The van der Waals surface area contributed by atoms with Gasteiger partial charge in [-0.3, -0.25) is 14.1 Å². The van der Waals surface area contributed by atoms with E-state index in [9.17, 15) is 78.7 Å². The monoisotopic (exact) mass is 1300 g/mol. The standard InChI is InChI=1S/C59H92O29S/c1-24(2)11-10-16-58(8)48-28(62)19-57(7)27-12-13-33-55(4,5)34(15-17-56(33,6)26(27)14-18-59(48,57)54(72)87-58)82-52-46(38(67)32(23-78-52)88-89(73,74)75)86-53-47(85-49-39(68)35(64)29(63)22-77-49)40(69)43(25(3)79-53)83-51-42(71)45(37(66)31(21-61)81-51)84-50-41(70)44(76-9)36(65)30(20-60)80-50/h12,25-26,29-53,60-61,63-71H,1,10-11,13-23H2,2-9H3,(H,73,74,75)/t25-,26+,29-,30-,31-,32-,33+,34+,35+,36-,37-,38+,39-,40+,41-,42-,43-,44+,45+,46-,47-,48-,49+,50+,51+,52+,53+,56-,57+,58+,59-/m1/s1. The smallest absolute Gasteiger partial charge is 0.397 e. The Bertz CT molecular complexity index is 2700. The molecule has 0 amide bonds. The first kappa shape index (κ1) is 69.4. The Balaban J connectivity index is 0.908. The van der Waals surface area contributed by atoms with Crippen LogP contribution in [0.15, 0.2) is 23.8 Å². The third kappa shape index (κ3) is 12.2. The quantitative estimate of drug-likeness (QED) is 0.0381. The zero-order valence-electron chi connectivity index (χ0n) is 51.3. The summed E-state index contributed by atoms with van der Waals surface area (Å²) in [4.78, 5) is 28.9. The summed E-state index contributed by atoms with van der Waals surface area (Å²) in [6.45, 7) is 14.7. The maximum absolute atomic E-state index is 14.5. The maximum Gasteiger partial charge on any atom is 0.397 e. The number of rotatable bonds is 19. The van der Waals surface area contributed by atoms with E-state index in [1.165, 1.54) is 6.92 Å². The fraction of sp³-hybridized carbons (Fsp3) is 0.898. The van der Waals surface area contributed by atoms with Gasteiger partial charge in [-0.25, -0.2) is 4.18 Å². The number of ether oxygens (including phenoxy) is 12. The van der Waals surface area contributed by atoms with Crippen LogP contribution in [0.5, 0.6) is 0 Å². The minimum absolute atomic E-state index is 0.0253. The van der Waals surface area contributed by atoms with Gasteiger partial charge in [-0.05, 0) is 94.8 Å². The first-order valence-corrected chi connectivity index (χ1v) is 32.2. The molecule has 10 rings (SSSR count). The fourth-order valence-corrected chi connectivity index (χ4v) is 17.7. The topological polar surface area (TPSA) is 431 Å². The van der Waals surface area contributed by atoms with Gasteiger partial charge in [0.05, 0.1) is 50.0 Å². The lowest BCUT2D eigenvalue weighted by atomic mass is 9.41. The molecule has 0 radical (unpaired) electrons. The summed E-state index contributed by atoms with van der Waals surface area (Å²) in [5, 5.41) is 122. The molecule has 4 aliphatic carbocycles. The van der Waals surface area contributed by atoms with E-state index in [-0.39, 0.29) is 35.4 Å². The first-order valence-electron chi connectivity index (χ1n) is 30.8. The predicted octanol–water partition coefficient (Wildman–Crippen LogP) is -1.92. The van der Waals surface area contributed by atoms with E-state index in [0.717, 1.165) is 31.1 Å². The average molecular weight is 1300 g/mol. The fourth-order valence-electron chi connectivity index (χ4n) is 17.2. The molecule has 9 fully saturated rings. The minimum atomic E-state index is -5.27. The zero-order valence-corrected chi connectivity index (χ0v) is 52.1. The Morgan fingerprint density at radius 2 is 1.28 bits per heavy atom. The van der Waals surface area contributed by atoms with Crippen molar-refractivity contribution in [3.05, 3.63) is 23.8 Å². The molecule has 508 valence electrons. The van der Waals surface area contributed by atoms with E-state index < -0.39 is 212 Å². The number of Topliss-reactive ketones (excluding diaryl/α,β-unsaturated/α-hetero) is 1. The highest BCUT2D eigenvalue weighted by atomic mass is 32.3. The predicted molar refractivity (Wildman–Crippen MR) is 298 cm³/mol. The Morgan fingerprint density at radius 3 is 1.91 bits per heavy atom. The van der Waals surface area contributed by atoms with Crippen molar-refractivity contribution >= 4 is 22.2 Å². The summed E-state index contributed by atoms with van der Waals surface area (Å²) in [6, 6.07) is 0. The molecule has 31 atom stereocenters. The number of ketones is 1. The van der Waals surface area contributed by atoms with Gasteiger partial charge in [-0.2, -0.15) is 8.42 Å². The SMILES string of the molecule is C=C(C)CCC[C@]1(C)OC(=O)[C@]23CC[C@H]4C(=CC[C@H]5C(C)(C)[C@@H](O[C@@H]6OC[C@@H](OS(=O)(=O)O)[C@H](O)[C@H]6O[C@@H]6O[C@H](C)[C@@H](O[C@@H]7O[C@H](CO)[C@@H](O)[C@H](O[C@@H]8O[C@H](CO)[C@@H](O)[C@H](OC)[C@H]8O)[C@H]7O)[C@H](O)[C@H]6O[C@@H]6OC[C@@H](O)[C@H](O)[C@H]6O)CC[C@]45C)[C@]2(C)CC(=O)[C@@H]31. The number of aliphatic hydroxyl groups excluding tert-OH is 11. The molecule has 0 bridgehead atoms. The van der Waals surface area contributed by atoms with Crippen LogP contribution in [-0.4, -0.2) is 267 Å². The van der Waals surface area contributed by atoms with Crippen molar-refractivity contribution in [3.63, 3.8) is 0 Å². The highest BCUT2D eigenvalue weighted by Crippen LogP contribution is 2.75. The van der Waals surface area contributed by atoms with Crippen molar-refractivity contribution in [1.29, 1.82) is 0 Å². The van der Waals surface area contributed by atoms with Crippen molar-refractivity contribution in [2.75, 3.05) is 33.5 Å². The van der Waals surface area contributed by atoms with Gasteiger partial charge in [0.25, 0.3) is 0 Å².